The number of carbonyl (C=O) groups excluding carboxylic acids is 2. The normalized spacial score (nSPS) is 18.5. The first-order chi connectivity index (χ1) is 15.0. The van der Waals surface area contributed by atoms with E-state index in [0.29, 0.717) is 0 Å². The standard InChI is InChI=1S/C10H18O5.2C7H14O2.2CH4/c1-9(2,3)14-7(11)13-8(12)15-10(4,5)6;2*8-6-7(9)4-2-1-3-5-7;;/h1-6H3;2*8-9H,1-6H2;2*1H4. The summed E-state index contributed by atoms with van der Waals surface area (Å²) in [4.78, 5) is 22.0. The summed E-state index contributed by atoms with van der Waals surface area (Å²) >= 11 is 0. The molecule has 2 saturated carbocycles. The predicted octanol–water partition coefficient (Wildman–Crippen LogP) is 5.49. The van der Waals surface area contributed by atoms with Crippen LogP contribution >= 0.6 is 0 Å². The SMILES string of the molecule is C.C.CC(C)(C)OC(=O)OC(=O)OC(C)(C)C.OCC1(O)CCCCC1.OCC1(O)CCCCC1. The minimum atomic E-state index is -1.06. The Morgan fingerprint density at radius 2 is 0.886 bits per heavy atom. The van der Waals surface area contributed by atoms with Crippen LogP contribution in [0.4, 0.5) is 9.59 Å². The van der Waals surface area contributed by atoms with Crippen LogP contribution in [0.15, 0.2) is 0 Å². The second-order valence-electron chi connectivity index (χ2n) is 10.9. The third-order valence-electron chi connectivity index (χ3n) is 5.10. The highest BCUT2D eigenvalue weighted by Gasteiger charge is 2.28. The number of hydrogen-bond acceptors (Lipinski definition) is 9. The molecule has 0 aromatic carbocycles. The molecule has 4 N–H and O–H groups in total. The van der Waals surface area contributed by atoms with Gasteiger partial charge in [-0.2, -0.15) is 0 Å². The zero-order valence-corrected chi connectivity index (χ0v) is 21.3. The average molecular weight is 511 g/mol. The first kappa shape index (κ1) is 38.1. The topological polar surface area (TPSA) is 143 Å². The number of aliphatic hydroxyl groups is 4. The van der Waals surface area contributed by atoms with E-state index < -0.39 is 34.7 Å². The van der Waals surface area contributed by atoms with Gasteiger partial charge in [-0.25, -0.2) is 9.59 Å². The molecule has 0 saturated heterocycles. The summed E-state index contributed by atoms with van der Waals surface area (Å²) in [7, 11) is 0. The van der Waals surface area contributed by atoms with Gasteiger partial charge in [-0.05, 0) is 67.2 Å². The highest BCUT2D eigenvalue weighted by molar-refractivity contribution is 5.77. The minimum absolute atomic E-state index is 0. The van der Waals surface area contributed by atoms with Crippen LogP contribution in [0.1, 0.15) is 121 Å². The van der Waals surface area contributed by atoms with Gasteiger partial charge in [0.2, 0.25) is 0 Å². The van der Waals surface area contributed by atoms with E-state index in [4.69, 9.17) is 19.7 Å². The molecule has 0 aliphatic heterocycles. The maximum Gasteiger partial charge on any atom is 0.519 e. The van der Waals surface area contributed by atoms with E-state index in [2.05, 4.69) is 4.74 Å². The van der Waals surface area contributed by atoms with Crippen LogP contribution in [0.25, 0.3) is 0 Å². The fourth-order valence-corrected chi connectivity index (χ4v) is 3.35. The lowest BCUT2D eigenvalue weighted by atomic mass is 9.86. The van der Waals surface area contributed by atoms with Gasteiger partial charge in [0, 0.05) is 0 Å². The molecule has 0 heterocycles. The van der Waals surface area contributed by atoms with Crippen LogP contribution in [0.3, 0.4) is 0 Å². The second kappa shape index (κ2) is 17.1. The summed E-state index contributed by atoms with van der Waals surface area (Å²) in [5.74, 6) is 0. The molecule has 0 bridgehead atoms. The first-order valence-corrected chi connectivity index (χ1v) is 11.8. The number of rotatable bonds is 2. The van der Waals surface area contributed by atoms with Crippen molar-refractivity contribution >= 4 is 12.3 Å². The van der Waals surface area contributed by atoms with E-state index in [1.807, 2.05) is 0 Å². The fourth-order valence-electron chi connectivity index (χ4n) is 3.35. The Morgan fingerprint density at radius 1 is 0.629 bits per heavy atom. The van der Waals surface area contributed by atoms with Crippen LogP contribution < -0.4 is 0 Å². The smallest absolute Gasteiger partial charge is 0.428 e. The van der Waals surface area contributed by atoms with Crippen LogP contribution in [0.2, 0.25) is 0 Å². The van der Waals surface area contributed by atoms with E-state index in [9.17, 15) is 19.8 Å². The van der Waals surface area contributed by atoms with Crippen molar-refractivity contribution < 1.29 is 44.2 Å². The van der Waals surface area contributed by atoms with Crippen molar-refractivity contribution in [2.24, 2.45) is 0 Å². The van der Waals surface area contributed by atoms with Gasteiger partial charge in [0.25, 0.3) is 0 Å². The summed E-state index contributed by atoms with van der Waals surface area (Å²) in [5.41, 5.74) is -2.84. The molecule has 0 radical (unpaired) electrons. The van der Waals surface area contributed by atoms with Crippen molar-refractivity contribution in [3.63, 3.8) is 0 Å². The molecule has 9 heteroatoms. The molecule has 2 aliphatic rings. The van der Waals surface area contributed by atoms with Gasteiger partial charge in [0.05, 0.1) is 24.4 Å². The van der Waals surface area contributed by atoms with Gasteiger partial charge >= 0.3 is 12.3 Å². The number of carbonyl (C=O) groups is 2. The summed E-state index contributed by atoms with van der Waals surface area (Å²) < 4.78 is 13.8. The van der Waals surface area contributed by atoms with Crippen molar-refractivity contribution in [1.82, 2.24) is 0 Å². The van der Waals surface area contributed by atoms with Crippen molar-refractivity contribution in [2.45, 2.75) is 143 Å². The molecule has 0 atom stereocenters. The van der Waals surface area contributed by atoms with Gasteiger partial charge in [-0.1, -0.05) is 53.4 Å². The zero-order valence-electron chi connectivity index (χ0n) is 21.3. The Bertz CT molecular complexity index is 514. The molecule has 0 amide bonds. The second-order valence-corrected chi connectivity index (χ2v) is 10.9. The maximum atomic E-state index is 11.0. The number of ether oxygens (including phenoxy) is 3. The van der Waals surface area contributed by atoms with E-state index in [1.165, 1.54) is 12.8 Å². The lowest BCUT2D eigenvalue weighted by Crippen LogP contribution is -2.35. The minimum Gasteiger partial charge on any atom is -0.428 e. The van der Waals surface area contributed by atoms with Crippen LogP contribution in [-0.4, -0.2) is 68.4 Å². The molecule has 0 spiro atoms. The van der Waals surface area contributed by atoms with Gasteiger partial charge in [-0.15, -0.1) is 0 Å². The summed E-state index contributed by atoms with van der Waals surface area (Å²) in [6, 6.07) is 0. The molecule has 2 fully saturated rings. The molecule has 2 aliphatic carbocycles. The third kappa shape index (κ3) is 20.5. The van der Waals surface area contributed by atoms with Gasteiger partial charge in [0.1, 0.15) is 11.2 Å². The summed E-state index contributed by atoms with van der Waals surface area (Å²) in [5, 5.41) is 36.3. The molecule has 35 heavy (non-hydrogen) atoms. The molecular formula is C26H54O9. The van der Waals surface area contributed by atoms with Gasteiger partial charge < -0.3 is 34.6 Å². The highest BCUT2D eigenvalue weighted by Crippen LogP contribution is 2.27. The van der Waals surface area contributed by atoms with Crippen molar-refractivity contribution in [3.05, 3.63) is 0 Å². The van der Waals surface area contributed by atoms with E-state index >= 15 is 0 Å². The Morgan fingerprint density at radius 3 is 1.06 bits per heavy atom. The Balaban J connectivity index is -0.000000446. The third-order valence-corrected chi connectivity index (χ3v) is 5.10. The molecule has 212 valence electrons. The Hall–Kier alpha value is -1.42. The summed E-state index contributed by atoms with van der Waals surface area (Å²) in [6.45, 7) is 9.89. The van der Waals surface area contributed by atoms with Crippen molar-refractivity contribution in [2.75, 3.05) is 13.2 Å². The Kier molecular flexibility index (Phi) is 18.6. The number of hydrogen-bond donors (Lipinski definition) is 4. The number of aliphatic hydroxyl groups excluding tert-OH is 2. The van der Waals surface area contributed by atoms with E-state index in [1.54, 1.807) is 41.5 Å². The fraction of sp³-hybridized carbons (Fsp3) is 0.923. The lowest BCUT2D eigenvalue weighted by molar-refractivity contribution is -0.0421. The highest BCUT2D eigenvalue weighted by atomic mass is 16.8. The average Bonchev–Trinajstić information content (AvgIpc) is 2.67. The summed E-state index contributed by atoms with van der Waals surface area (Å²) in [6.07, 6.45) is 7.70. The van der Waals surface area contributed by atoms with Crippen LogP contribution in [0, 0.1) is 0 Å². The zero-order chi connectivity index (χ0) is 25.8. The van der Waals surface area contributed by atoms with Gasteiger partial charge in [0.15, 0.2) is 0 Å². The molecule has 2 rings (SSSR count). The van der Waals surface area contributed by atoms with Gasteiger partial charge in [-0.3, -0.25) is 0 Å². The predicted molar refractivity (Wildman–Crippen MR) is 137 cm³/mol. The first-order valence-electron chi connectivity index (χ1n) is 11.8. The van der Waals surface area contributed by atoms with Crippen molar-refractivity contribution in [1.29, 1.82) is 0 Å². The molecule has 9 nitrogen and oxygen atoms in total. The van der Waals surface area contributed by atoms with E-state index in [0.717, 1.165) is 51.4 Å². The molecule has 0 aromatic heterocycles. The van der Waals surface area contributed by atoms with Crippen molar-refractivity contribution in [3.8, 4) is 0 Å². The Labute approximate surface area is 213 Å². The maximum absolute atomic E-state index is 11.0. The molecule has 0 unspecified atom stereocenters. The largest absolute Gasteiger partial charge is 0.519 e. The van der Waals surface area contributed by atoms with Crippen LogP contribution in [-0.2, 0) is 14.2 Å². The van der Waals surface area contributed by atoms with Crippen LogP contribution in [0.5, 0.6) is 0 Å². The monoisotopic (exact) mass is 510 g/mol. The molecular weight excluding hydrogens is 456 g/mol. The quantitative estimate of drug-likeness (QED) is 0.280. The lowest BCUT2D eigenvalue weighted by Gasteiger charge is -2.29. The molecule has 0 aromatic rings. The van der Waals surface area contributed by atoms with E-state index in [-0.39, 0.29) is 28.1 Å².